The molecule has 29 heavy (non-hydrogen) atoms. The van der Waals surface area contributed by atoms with Crippen molar-refractivity contribution in [1.82, 2.24) is 5.32 Å². The number of halogens is 1. The zero-order valence-corrected chi connectivity index (χ0v) is 15.6. The Hall–Kier alpha value is -3.67. The molecule has 0 bridgehead atoms. The summed E-state index contributed by atoms with van der Waals surface area (Å²) in [5.41, 5.74) is 1.59. The second-order valence-corrected chi connectivity index (χ2v) is 6.24. The van der Waals surface area contributed by atoms with E-state index in [4.69, 9.17) is 9.47 Å². The van der Waals surface area contributed by atoms with Crippen LogP contribution in [0, 0.1) is 5.82 Å². The molecule has 0 atom stereocenters. The number of benzene rings is 3. The lowest BCUT2D eigenvalue weighted by molar-refractivity contribution is -0.124. The molecule has 0 aliphatic rings. The van der Waals surface area contributed by atoms with E-state index in [0.29, 0.717) is 17.7 Å². The predicted molar refractivity (Wildman–Crippen MR) is 106 cm³/mol. The van der Waals surface area contributed by atoms with Crippen molar-refractivity contribution in [1.29, 1.82) is 0 Å². The number of hydrogen-bond donors (Lipinski definition) is 1. The van der Waals surface area contributed by atoms with Gasteiger partial charge in [-0.3, -0.25) is 4.79 Å². The monoisotopic (exact) mass is 393 g/mol. The topological polar surface area (TPSA) is 64.6 Å². The molecule has 0 unspecified atom stereocenters. The van der Waals surface area contributed by atoms with Crippen LogP contribution < -0.4 is 10.1 Å². The minimum absolute atomic E-state index is 0.0270. The van der Waals surface area contributed by atoms with Gasteiger partial charge in [0.1, 0.15) is 18.2 Å². The van der Waals surface area contributed by atoms with Crippen molar-refractivity contribution >= 4 is 11.9 Å². The van der Waals surface area contributed by atoms with Gasteiger partial charge in [-0.15, -0.1) is 0 Å². The second-order valence-electron chi connectivity index (χ2n) is 6.24. The van der Waals surface area contributed by atoms with Crippen LogP contribution in [0.1, 0.15) is 21.5 Å². The normalized spacial score (nSPS) is 10.2. The van der Waals surface area contributed by atoms with E-state index in [1.165, 1.54) is 6.07 Å². The third-order valence-electron chi connectivity index (χ3n) is 4.11. The first-order valence-corrected chi connectivity index (χ1v) is 9.06. The Bertz CT molecular complexity index is 958. The molecule has 0 radical (unpaired) electrons. The molecule has 1 amide bonds. The number of ether oxygens (including phenoxy) is 2. The number of nitrogens with one attached hydrogen (secondary N) is 1. The van der Waals surface area contributed by atoms with E-state index in [1.54, 1.807) is 42.5 Å². The van der Waals surface area contributed by atoms with Crippen LogP contribution in [0.4, 0.5) is 4.39 Å². The highest BCUT2D eigenvalue weighted by atomic mass is 19.1. The summed E-state index contributed by atoms with van der Waals surface area (Å²) in [5.74, 6) is -0.755. The summed E-state index contributed by atoms with van der Waals surface area (Å²) in [5, 5.41) is 2.52. The minimum atomic E-state index is -0.610. The molecule has 5 nitrogen and oxygen atoms in total. The summed E-state index contributed by atoms with van der Waals surface area (Å²) < 4.78 is 24.2. The van der Waals surface area contributed by atoms with E-state index in [-0.39, 0.29) is 6.54 Å². The lowest BCUT2D eigenvalue weighted by atomic mass is 10.1. The SMILES string of the molecule is O=C(COC(=O)c1ccc(COc2ccccc2)cc1)NCc1ccccc1F. The fourth-order valence-electron chi connectivity index (χ4n) is 2.52. The number of esters is 1. The van der Waals surface area contributed by atoms with E-state index in [9.17, 15) is 14.0 Å². The molecule has 0 fully saturated rings. The van der Waals surface area contributed by atoms with Gasteiger partial charge in [-0.05, 0) is 35.9 Å². The smallest absolute Gasteiger partial charge is 0.338 e. The third-order valence-corrected chi connectivity index (χ3v) is 4.11. The van der Waals surface area contributed by atoms with E-state index in [1.807, 2.05) is 30.3 Å². The molecule has 3 aromatic carbocycles. The molecule has 148 valence electrons. The Morgan fingerprint density at radius 2 is 1.55 bits per heavy atom. The van der Waals surface area contributed by atoms with Crippen LogP contribution in [0.5, 0.6) is 5.75 Å². The van der Waals surface area contributed by atoms with Gasteiger partial charge in [-0.2, -0.15) is 0 Å². The van der Waals surface area contributed by atoms with Crippen LogP contribution in [0.15, 0.2) is 78.9 Å². The molecule has 3 rings (SSSR count). The van der Waals surface area contributed by atoms with Gasteiger partial charge >= 0.3 is 5.97 Å². The molecule has 3 aromatic rings. The summed E-state index contributed by atoms with van der Waals surface area (Å²) in [6.07, 6.45) is 0. The average molecular weight is 393 g/mol. The molecule has 1 N–H and O–H groups in total. The largest absolute Gasteiger partial charge is 0.489 e. The van der Waals surface area contributed by atoms with Crippen LogP contribution >= 0.6 is 0 Å². The minimum Gasteiger partial charge on any atom is -0.489 e. The molecular weight excluding hydrogens is 373 g/mol. The van der Waals surface area contributed by atoms with Crippen molar-refractivity contribution in [2.24, 2.45) is 0 Å². The van der Waals surface area contributed by atoms with Gasteiger partial charge in [0.05, 0.1) is 5.56 Å². The Morgan fingerprint density at radius 3 is 2.28 bits per heavy atom. The summed E-state index contributed by atoms with van der Waals surface area (Å²) >= 11 is 0. The van der Waals surface area contributed by atoms with E-state index in [2.05, 4.69) is 5.32 Å². The molecular formula is C23H20FNO4. The maximum Gasteiger partial charge on any atom is 0.338 e. The van der Waals surface area contributed by atoms with Crippen LogP contribution in [0.3, 0.4) is 0 Å². The lowest BCUT2D eigenvalue weighted by Crippen LogP contribution is -2.28. The molecule has 6 heteroatoms. The maximum atomic E-state index is 13.5. The summed E-state index contributed by atoms with van der Waals surface area (Å²) in [6.45, 7) is -0.0386. The van der Waals surface area contributed by atoms with E-state index in [0.717, 1.165) is 11.3 Å². The van der Waals surface area contributed by atoms with Gasteiger partial charge in [-0.1, -0.05) is 48.5 Å². The Balaban J connectivity index is 1.43. The molecule has 0 aromatic heterocycles. The number of amides is 1. The first kappa shape index (κ1) is 20.1. The van der Waals surface area contributed by atoms with Crippen LogP contribution in [-0.2, 0) is 22.7 Å². The van der Waals surface area contributed by atoms with Crippen LogP contribution in [0.2, 0.25) is 0 Å². The molecule has 0 spiro atoms. The lowest BCUT2D eigenvalue weighted by Gasteiger charge is -2.08. The summed E-state index contributed by atoms with van der Waals surface area (Å²) in [6, 6.07) is 22.3. The van der Waals surface area contributed by atoms with Crippen molar-refractivity contribution in [3.63, 3.8) is 0 Å². The van der Waals surface area contributed by atoms with Gasteiger partial charge in [0, 0.05) is 12.1 Å². The number of hydrogen-bond acceptors (Lipinski definition) is 4. The number of carbonyl (C=O) groups excluding carboxylic acids is 2. The second kappa shape index (κ2) is 10.0. The van der Waals surface area contributed by atoms with Crippen molar-refractivity contribution in [2.75, 3.05) is 6.61 Å². The van der Waals surface area contributed by atoms with Crippen molar-refractivity contribution < 1.29 is 23.5 Å². The zero-order chi connectivity index (χ0) is 20.5. The Kier molecular flexibility index (Phi) is 6.95. The van der Waals surface area contributed by atoms with Crippen LogP contribution in [0.25, 0.3) is 0 Å². The predicted octanol–water partition coefficient (Wildman–Crippen LogP) is 3.88. The van der Waals surface area contributed by atoms with Gasteiger partial charge < -0.3 is 14.8 Å². The Morgan fingerprint density at radius 1 is 0.862 bits per heavy atom. The van der Waals surface area contributed by atoms with Gasteiger partial charge in [0.15, 0.2) is 6.61 Å². The summed E-state index contributed by atoms with van der Waals surface area (Å²) in [7, 11) is 0. The fraction of sp³-hybridized carbons (Fsp3) is 0.130. The van der Waals surface area contributed by atoms with Gasteiger partial charge in [0.25, 0.3) is 5.91 Å². The maximum absolute atomic E-state index is 13.5. The van der Waals surface area contributed by atoms with Gasteiger partial charge in [-0.25, -0.2) is 9.18 Å². The molecule has 0 aliphatic heterocycles. The fourth-order valence-corrected chi connectivity index (χ4v) is 2.52. The number of rotatable bonds is 8. The average Bonchev–Trinajstić information content (AvgIpc) is 2.76. The van der Waals surface area contributed by atoms with E-state index < -0.39 is 24.3 Å². The molecule has 0 aliphatic carbocycles. The van der Waals surface area contributed by atoms with Crippen molar-refractivity contribution in [2.45, 2.75) is 13.2 Å². The molecule has 0 saturated heterocycles. The van der Waals surface area contributed by atoms with E-state index >= 15 is 0 Å². The standard InChI is InChI=1S/C23H20FNO4/c24-21-9-5-4-6-19(21)14-25-22(26)16-29-23(27)18-12-10-17(11-13-18)15-28-20-7-2-1-3-8-20/h1-13H,14-16H2,(H,25,26). The summed E-state index contributed by atoms with van der Waals surface area (Å²) in [4.78, 5) is 23.9. The number of carbonyl (C=O) groups is 2. The quantitative estimate of drug-likeness (QED) is 0.590. The molecule has 0 saturated carbocycles. The molecule has 0 heterocycles. The van der Waals surface area contributed by atoms with Crippen LogP contribution in [-0.4, -0.2) is 18.5 Å². The van der Waals surface area contributed by atoms with Gasteiger partial charge in [0.2, 0.25) is 0 Å². The van der Waals surface area contributed by atoms with Crippen molar-refractivity contribution in [3.05, 3.63) is 101 Å². The third kappa shape index (κ3) is 6.17. The Labute approximate surface area is 168 Å². The van der Waals surface area contributed by atoms with Crippen molar-refractivity contribution in [3.8, 4) is 5.75 Å². The first-order valence-electron chi connectivity index (χ1n) is 9.06. The number of para-hydroxylation sites is 1. The highest BCUT2D eigenvalue weighted by Crippen LogP contribution is 2.13. The zero-order valence-electron chi connectivity index (χ0n) is 15.6. The first-order chi connectivity index (χ1) is 14.1. The highest BCUT2D eigenvalue weighted by Gasteiger charge is 2.11. The highest BCUT2D eigenvalue weighted by molar-refractivity contribution is 5.91.